The summed E-state index contributed by atoms with van der Waals surface area (Å²) in [6.45, 7) is 4.40. The number of benzene rings is 1. The number of carbonyl (C=O) groups excluding carboxylic acids is 1. The fraction of sp³-hybridized carbons (Fsp3) is 0.696. The Bertz CT molecular complexity index is 786. The third-order valence-corrected chi connectivity index (χ3v) is 7.65. The van der Waals surface area contributed by atoms with Crippen molar-refractivity contribution in [1.29, 1.82) is 0 Å². The molecule has 164 valence electrons. The third-order valence-electron chi connectivity index (χ3n) is 7.65. The van der Waals surface area contributed by atoms with E-state index in [1.165, 1.54) is 12.1 Å². The minimum Gasteiger partial charge on any atom is -0.378 e. The fourth-order valence-corrected chi connectivity index (χ4v) is 6.27. The second-order valence-electron chi connectivity index (χ2n) is 9.59. The minimum atomic E-state index is -0.500. The number of carbonyl (C=O) groups is 1. The van der Waals surface area contributed by atoms with Crippen LogP contribution in [0, 0.1) is 23.5 Å². The van der Waals surface area contributed by atoms with Crippen molar-refractivity contribution >= 4 is 5.91 Å². The first-order chi connectivity index (χ1) is 14.5. The molecule has 30 heavy (non-hydrogen) atoms. The Kier molecular flexibility index (Phi) is 5.54. The van der Waals surface area contributed by atoms with Gasteiger partial charge < -0.3 is 9.64 Å². The summed E-state index contributed by atoms with van der Waals surface area (Å²) in [5, 5.41) is 0. The average molecular weight is 420 g/mol. The summed E-state index contributed by atoms with van der Waals surface area (Å²) in [4.78, 5) is 19.9. The SMILES string of the molecule is CN1CCOC[C@H]1C(=O)N1C[C@@H]2C[C@H](C1)[C@@H]1CCC[C@H](c3cc(F)cc(F)c3)N1C2. The number of piperidine rings is 3. The van der Waals surface area contributed by atoms with E-state index in [-0.39, 0.29) is 18.0 Å². The summed E-state index contributed by atoms with van der Waals surface area (Å²) in [7, 11) is 2.00. The Morgan fingerprint density at radius 3 is 2.67 bits per heavy atom. The molecule has 5 atom stereocenters. The summed E-state index contributed by atoms with van der Waals surface area (Å²) in [5.41, 5.74) is 0.756. The Hall–Kier alpha value is -1.57. The van der Waals surface area contributed by atoms with Crippen LogP contribution in [-0.4, -0.2) is 79.1 Å². The second-order valence-corrected chi connectivity index (χ2v) is 9.59. The number of halogens is 2. The summed E-state index contributed by atoms with van der Waals surface area (Å²) >= 11 is 0. The van der Waals surface area contributed by atoms with Crippen LogP contribution in [0.2, 0.25) is 0 Å². The predicted octanol–water partition coefficient (Wildman–Crippen LogP) is 2.67. The summed E-state index contributed by atoms with van der Waals surface area (Å²) < 4.78 is 33.3. The van der Waals surface area contributed by atoms with Gasteiger partial charge in [0.2, 0.25) is 5.91 Å². The molecule has 4 saturated heterocycles. The van der Waals surface area contributed by atoms with Crippen molar-refractivity contribution in [1.82, 2.24) is 14.7 Å². The van der Waals surface area contributed by atoms with Gasteiger partial charge in [-0.1, -0.05) is 0 Å². The van der Waals surface area contributed by atoms with Crippen LogP contribution in [0.1, 0.15) is 37.3 Å². The van der Waals surface area contributed by atoms with Gasteiger partial charge in [-0.15, -0.1) is 0 Å². The van der Waals surface area contributed by atoms with Crippen LogP contribution >= 0.6 is 0 Å². The van der Waals surface area contributed by atoms with Crippen molar-refractivity contribution in [2.45, 2.75) is 43.8 Å². The highest BCUT2D eigenvalue weighted by Gasteiger charge is 2.46. The van der Waals surface area contributed by atoms with Crippen molar-refractivity contribution in [3.8, 4) is 0 Å². The molecule has 0 aromatic heterocycles. The highest BCUT2D eigenvalue weighted by atomic mass is 19.1. The standard InChI is InChI=1S/C23H31F2N3O2/c1-26-5-6-30-14-22(26)23(29)27-11-15-7-17(13-27)21-4-2-3-20(28(21)12-15)16-8-18(24)10-19(25)9-16/h8-10,15,17,20-22H,2-7,11-14H2,1H3/t15-,17+,20+,21-,22-/m0/s1. The van der Waals surface area contributed by atoms with Crippen LogP contribution in [0.5, 0.6) is 0 Å². The van der Waals surface area contributed by atoms with Crippen LogP contribution < -0.4 is 0 Å². The van der Waals surface area contributed by atoms with E-state index in [2.05, 4.69) is 14.7 Å². The molecule has 0 unspecified atom stereocenters. The largest absolute Gasteiger partial charge is 0.378 e. The molecule has 1 aromatic rings. The molecular formula is C23H31F2N3O2. The summed E-state index contributed by atoms with van der Waals surface area (Å²) in [5.74, 6) is 0.0370. The lowest BCUT2D eigenvalue weighted by molar-refractivity contribution is -0.149. The van der Waals surface area contributed by atoms with Gasteiger partial charge in [-0.05, 0) is 62.3 Å². The molecular weight excluding hydrogens is 388 g/mol. The molecule has 1 aromatic carbocycles. The van der Waals surface area contributed by atoms with E-state index >= 15 is 0 Å². The van der Waals surface area contributed by atoms with Crippen LogP contribution in [0.25, 0.3) is 0 Å². The maximum Gasteiger partial charge on any atom is 0.242 e. The normalized spacial score (nSPS) is 35.2. The number of hydrogen-bond donors (Lipinski definition) is 0. The molecule has 2 bridgehead atoms. The molecule has 5 nitrogen and oxygen atoms in total. The van der Waals surface area contributed by atoms with Crippen LogP contribution in [0.15, 0.2) is 18.2 Å². The topological polar surface area (TPSA) is 36.0 Å². The van der Waals surface area contributed by atoms with Gasteiger partial charge in [0.05, 0.1) is 13.2 Å². The van der Waals surface area contributed by atoms with Gasteiger partial charge in [0.25, 0.3) is 0 Å². The van der Waals surface area contributed by atoms with E-state index in [0.717, 1.165) is 63.5 Å². The van der Waals surface area contributed by atoms with E-state index in [9.17, 15) is 13.6 Å². The predicted molar refractivity (Wildman–Crippen MR) is 109 cm³/mol. The first-order valence-electron chi connectivity index (χ1n) is 11.3. The van der Waals surface area contributed by atoms with E-state index < -0.39 is 11.6 Å². The van der Waals surface area contributed by atoms with Gasteiger partial charge in [-0.3, -0.25) is 14.6 Å². The number of nitrogens with zero attached hydrogens (tertiary/aromatic N) is 3. The second kappa shape index (κ2) is 8.17. The Labute approximate surface area is 176 Å². The van der Waals surface area contributed by atoms with Gasteiger partial charge in [0, 0.05) is 44.3 Å². The van der Waals surface area contributed by atoms with Crippen LogP contribution in [0.4, 0.5) is 8.78 Å². The van der Waals surface area contributed by atoms with Gasteiger partial charge in [0.15, 0.2) is 0 Å². The van der Waals surface area contributed by atoms with Gasteiger partial charge in [-0.2, -0.15) is 0 Å². The Morgan fingerprint density at radius 2 is 1.90 bits per heavy atom. The maximum atomic E-state index is 13.9. The molecule has 0 N–H and O–H groups in total. The van der Waals surface area contributed by atoms with Gasteiger partial charge in [0.1, 0.15) is 17.7 Å². The molecule has 4 heterocycles. The molecule has 5 rings (SSSR count). The third kappa shape index (κ3) is 3.76. The quantitative estimate of drug-likeness (QED) is 0.739. The Balaban J connectivity index is 1.33. The summed E-state index contributed by atoms with van der Waals surface area (Å²) in [6.07, 6.45) is 4.23. The van der Waals surface area contributed by atoms with Crippen molar-refractivity contribution in [3.05, 3.63) is 35.4 Å². The zero-order chi connectivity index (χ0) is 20.8. The number of hydrogen-bond acceptors (Lipinski definition) is 4. The van der Waals surface area contributed by atoms with Crippen LogP contribution in [0.3, 0.4) is 0 Å². The zero-order valence-electron chi connectivity index (χ0n) is 17.6. The number of likely N-dealkylation sites (N-methyl/N-ethyl adjacent to an activating group) is 1. The van der Waals surface area contributed by atoms with E-state index in [1.807, 2.05) is 7.05 Å². The molecule has 4 fully saturated rings. The molecule has 0 aliphatic carbocycles. The molecule has 4 aliphatic heterocycles. The first-order valence-corrected chi connectivity index (χ1v) is 11.3. The maximum absolute atomic E-state index is 13.9. The smallest absolute Gasteiger partial charge is 0.242 e. The molecule has 0 saturated carbocycles. The van der Waals surface area contributed by atoms with Crippen molar-refractivity contribution in [3.63, 3.8) is 0 Å². The number of morpholine rings is 1. The van der Waals surface area contributed by atoms with Gasteiger partial charge in [-0.25, -0.2) is 8.78 Å². The number of amides is 1. The van der Waals surface area contributed by atoms with Crippen molar-refractivity contribution < 1.29 is 18.3 Å². The number of rotatable bonds is 2. The minimum absolute atomic E-state index is 0.0689. The average Bonchev–Trinajstić information content (AvgIpc) is 2.72. The molecule has 1 amide bonds. The lowest BCUT2D eigenvalue weighted by Gasteiger charge is -2.55. The Morgan fingerprint density at radius 1 is 1.10 bits per heavy atom. The lowest BCUT2D eigenvalue weighted by atomic mass is 9.73. The molecule has 4 aliphatic rings. The number of fused-ring (bicyclic) bond motifs is 4. The monoisotopic (exact) mass is 419 g/mol. The molecule has 0 spiro atoms. The highest BCUT2D eigenvalue weighted by molar-refractivity contribution is 5.82. The first kappa shape index (κ1) is 20.3. The number of likely N-dealkylation sites (tertiary alicyclic amines) is 1. The zero-order valence-corrected chi connectivity index (χ0v) is 17.6. The van der Waals surface area contributed by atoms with E-state index in [1.54, 1.807) is 0 Å². The van der Waals surface area contributed by atoms with Gasteiger partial charge >= 0.3 is 0 Å². The van der Waals surface area contributed by atoms with Crippen molar-refractivity contribution in [2.24, 2.45) is 11.8 Å². The lowest BCUT2D eigenvalue weighted by Crippen LogP contribution is -2.63. The van der Waals surface area contributed by atoms with E-state index in [0.29, 0.717) is 31.1 Å². The molecule has 0 radical (unpaired) electrons. The van der Waals surface area contributed by atoms with Crippen LogP contribution in [-0.2, 0) is 9.53 Å². The summed E-state index contributed by atoms with van der Waals surface area (Å²) in [6, 6.07) is 4.21. The van der Waals surface area contributed by atoms with E-state index in [4.69, 9.17) is 4.74 Å². The number of ether oxygens (including phenoxy) is 1. The van der Waals surface area contributed by atoms with Crippen molar-refractivity contribution in [2.75, 3.05) is 46.4 Å². The molecule has 7 heteroatoms. The highest BCUT2D eigenvalue weighted by Crippen LogP contribution is 2.44. The fourth-order valence-electron chi connectivity index (χ4n) is 6.27.